The van der Waals surface area contributed by atoms with Crippen molar-refractivity contribution in [1.82, 2.24) is 4.57 Å². The normalized spacial score (nSPS) is 15.1. The largest absolute Gasteiger partial charge is 0.494 e. The molecule has 38 heavy (non-hydrogen) atoms. The third-order valence-electron chi connectivity index (χ3n) is 6.15. The van der Waals surface area contributed by atoms with Crippen LogP contribution in [0.15, 0.2) is 69.6 Å². The van der Waals surface area contributed by atoms with Crippen LogP contribution in [0.5, 0.6) is 5.75 Å². The molecule has 0 spiro atoms. The van der Waals surface area contributed by atoms with Gasteiger partial charge in [0.2, 0.25) is 0 Å². The summed E-state index contributed by atoms with van der Waals surface area (Å²) in [5.74, 6) is 0.152. The highest BCUT2D eigenvalue weighted by Crippen LogP contribution is 2.31. The molecule has 198 valence electrons. The van der Waals surface area contributed by atoms with E-state index in [4.69, 9.17) is 9.47 Å². The number of nitrogens with zero attached hydrogens (tertiary/aromatic N) is 3. The van der Waals surface area contributed by atoms with Crippen LogP contribution < -0.4 is 19.6 Å². The number of hydrogen-bond donors (Lipinski definition) is 0. The van der Waals surface area contributed by atoms with Crippen molar-refractivity contribution < 1.29 is 19.2 Å². The Balaban J connectivity index is 1.83. The van der Waals surface area contributed by atoms with Gasteiger partial charge in [0.1, 0.15) is 5.75 Å². The van der Waals surface area contributed by atoms with Gasteiger partial charge in [-0.2, -0.15) is 0 Å². The summed E-state index contributed by atoms with van der Waals surface area (Å²) >= 11 is 1.12. The molecule has 2 heterocycles. The Hall–Kier alpha value is -4.05. The van der Waals surface area contributed by atoms with Crippen LogP contribution in [0.25, 0.3) is 6.08 Å². The van der Waals surface area contributed by atoms with Crippen molar-refractivity contribution in [2.75, 3.05) is 13.2 Å². The van der Waals surface area contributed by atoms with Crippen LogP contribution in [0.3, 0.4) is 0 Å². The summed E-state index contributed by atoms with van der Waals surface area (Å²) in [5, 5.41) is 11.5. The molecule has 1 aliphatic rings. The first-order valence-electron chi connectivity index (χ1n) is 12.5. The zero-order valence-corrected chi connectivity index (χ0v) is 22.3. The molecule has 2 aromatic carbocycles. The van der Waals surface area contributed by atoms with Crippen LogP contribution in [0.1, 0.15) is 57.2 Å². The lowest BCUT2D eigenvalue weighted by Crippen LogP contribution is -2.39. The predicted octanol–water partition coefficient (Wildman–Crippen LogP) is 4.28. The van der Waals surface area contributed by atoms with Crippen molar-refractivity contribution in [1.29, 1.82) is 0 Å². The van der Waals surface area contributed by atoms with Crippen LogP contribution in [0.2, 0.25) is 0 Å². The fourth-order valence-corrected chi connectivity index (χ4v) is 5.35. The quantitative estimate of drug-likeness (QED) is 0.166. The van der Waals surface area contributed by atoms with Gasteiger partial charge in [-0.05, 0) is 50.1 Å². The van der Waals surface area contributed by atoms with Crippen molar-refractivity contribution in [3.8, 4) is 5.75 Å². The molecule has 0 N–H and O–H groups in total. The molecule has 0 saturated heterocycles. The van der Waals surface area contributed by atoms with Gasteiger partial charge in [-0.15, -0.1) is 0 Å². The number of allylic oxidation sites excluding steroid dienone is 1. The summed E-state index contributed by atoms with van der Waals surface area (Å²) in [6, 6.07) is 12.8. The van der Waals surface area contributed by atoms with Crippen LogP contribution in [-0.2, 0) is 9.53 Å². The summed E-state index contributed by atoms with van der Waals surface area (Å²) in [5.41, 5.74) is 1.23. The van der Waals surface area contributed by atoms with Crippen LogP contribution in [-0.4, -0.2) is 28.7 Å². The SMILES string of the molecule is CCCCCOc1ccc(C2C(C(=O)OCC)=C(C)N=c3sc(=Cc4ccccc4[N+](=O)[O-])c(=O)n32)cc1. The average molecular weight is 536 g/mol. The maximum Gasteiger partial charge on any atom is 0.338 e. The van der Waals surface area contributed by atoms with Crippen molar-refractivity contribution >= 4 is 29.1 Å². The van der Waals surface area contributed by atoms with Gasteiger partial charge in [0.05, 0.1) is 45.5 Å². The molecular formula is C28H29N3O6S. The second-order valence-corrected chi connectivity index (χ2v) is 9.75. The van der Waals surface area contributed by atoms with Gasteiger partial charge in [-0.1, -0.05) is 55.4 Å². The van der Waals surface area contributed by atoms with Gasteiger partial charge < -0.3 is 9.47 Å². The first-order valence-corrected chi connectivity index (χ1v) is 13.3. The molecule has 4 rings (SSSR count). The lowest BCUT2D eigenvalue weighted by Gasteiger charge is -2.24. The number of esters is 1. The molecule has 0 amide bonds. The molecule has 1 aliphatic heterocycles. The number of rotatable bonds is 10. The Morgan fingerprint density at radius 2 is 1.89 bits per heavy atom. The fourth-order valence-electron chi connectivity index (χ4n) is 4.31. The van der Waals surface area contributed by atoms with Crippen molar-refractivity contribution in [2.45, 2.75) is 46.1 Å². The summed E-state index contributed by atoms with van der Waals surface area (Å²) in [6.45, 7) is 6.35. The Morgan fingerprint density at radius 1 is 1.16 bits per heavy atom. The van der Waals surface area contributed by atoms with E-state index in [9.17, 15) is 19.7 Å². The molecule has 10 heteroatoms. The van der Waals surface area contributed by atoms with E-state index in [1.54, 1.807) is 32.0 Å². The average Bonchev–Trinajstić information content (AvgIpc) is 3.20. The molecule has 1 unspecified atom stereocenters. The number of fused-ring (bicyclic) bond motifs is 1. The van der Waals surface area contributed by atoms with E-state index in [2.05, 4.69) is 11.9 Å². The number of hydrogen-bond acceptors (Lipinski definition) is 8. The molecule has 0 radical (unpaired) electrons. The number of thiazole rings is 1. The molecule has 0 fully saturated rings. The first-order chi connectivity index (χ1) is 18.3. The zero-order valence-electron chi connectivity index (χ0n) is 21.5. The van der Waals surface area contributed by atoms with Crippen LogP contribution in [0.4, 0.5) is 5.69 Å². The van der Waals surface area contributed by atoms with Gasteiger partial charge in [0.15, 0.2) is 4.80 Å². The van der Waals surface area contributed by atoms with E-state index in [1.807, 2.05) is 24.3 Å². The maximum absolute atomic E-state index is 13.7. The van der Waals surface area contributed by atoms with E-state index in [0.717, 1.165) is 30.6 Å². The van der Waals surface area contributed by atoms with Crippen LogP contribution in [0, 0.1) is 10.1 Å². The standard InChI is InChI=1S/C28H29N3O6S/c1-4-6-9-16-37-21-14-12-19(13-15-21)25-24(27(33)36-5-2)18(3)29-28-30(25)26(32)23(38-28)17-20-10-7-8-11-22(20)31(34)35/h7-8,10-15,17,25H,4-6,9,16H2,1-3H3. The number of carbonyl (C=O) groups excluding carboxylic acids is 1. The molecule has 9 nitrogen and oxygen atoms in total. The molecule has 0 bridgehead atoms. The highest BCUT2D eigenvalue weighted by atomic mass is 32.1. The zero-order chi connectivity index (χ0) is 27.2. The summed E-state index contributed by atoms with van der Waals surface area (Å²) in [6.07, 6.45) is 4.65. The Bertz CT molecular complexity index is 1550. The smallest absolute Gasteiger partial charge is 0.338 e. The first kappa shape index (κ1) is 27.0. The molecule has 0 aliphatic carbocycles. The highest BCUT2D eigenvalue weighted by molar-refractivity contribution is 7.07. The predicted molar refractivity (Wildman–Crippen MR) is 145 cm³/mol. The number of unbranched alkanes of at least 4 members (excludes halogenated alkanes) is 2. The van der Waals surface area contributed by atoms with Crippen molar-refractivity contribution in [3.05, 3.63) is 101 Å². The Labute approximate surface area is 223 Å². The van der Waals surface area contributed by atoms with Gasteiger partial charge in [-0.3, -0.25) is 19.5 Å². The van der Waals surface area contributed by atoms with Gasteiger partial charge in [0, 0.05) is 6.07 Å². The molecular weight excluding hydrogens is 506 g/mol. The van der Waals surface area contributed by atoms with Gasteiger partial charge in [-0.25, -0.2) is 9.79 Å². The number of ether oxygens (including phenoxy) is 2. The van der Waals surface area contributed by atoms with E-state index in [1.165, 1.54) is 16.7 Å². The second kappa shape index (κ2) is 12.0. The number of benzene rings is 2. The minimum absolute atomic E-state index is 0.104. The van der Waals surface area contributed by atoms with Gasteiger partial charge >= 0.3 is 5.97 Å². The van der Waals surface area contributed by atoms with Crippen molar-refractivity contribution in [3.63, 3.8) is 0 Å². The lowest BCUT2D eigenvalue weighted by molar-refractivity contribution is -0.385. The summed E-state index contributed by atoms with van der Waals surface area (Å²) < 4.78 is 12.9. The summed E-state index contributed by atoms with van der Waals surface area (Å²) in [4.78, 5) is 42.7. The molecule has 0 saturated carbocycles. The Kier molecular flexibility index (Phi) is 8.52. The minimum atomic E-state index is -0.771. The van der Waals surface area contributed by atoms with E-state index < -0.39 is 22.5 Å². The monoisotopic (exact) mass is 535 g/mol. The third-order valence-corrected chi connectivity index (χ3v) is 7.13. The number of para-hydroxylation sites is 1. The van der Waals surface area contributed by atoms with E-state index >= 15 is 0 Å². The maximum atomic E-state index is 13.7. The number of aromatic nitrogens is 1. The minimum Gasteiger partial charge on any atom is -0.494 e. The number of carbonyl (C=O) groups is 1. The van der Waals surface area contributed by atoms with Crippen molar-refractivity contribution in [2.24, 2.45) is 4.99 Å². The van der Waals surface area contributed by atoms with Gasteiger partial charge in [0.25, 0.3) is 11.2 Å². The fraction of sp³-hybridized carbons (Fsp3) is 0.321. The number of nitro benzene ring substituents is 1. The Morgan fingerprint density at radius 3 is 2.58 bits per heavy atom. The molecule has 1 atom stereocenters. The summed E-state index contributed by atoms with van der Waals surface area (Å²) in [7, 11) is 0. The highest BCUT2D eigenvalue weighted by Gasteiger charge is 2.33. The van der Waals surface area contributed by atoms with E-state index in [0.29, 0.717) is 34.0 Å². The second-order valence-electron chi connectivity index (χ2n) is 8.74. The van der Waals surface area contributed by atoms with E-state index in [-0.39, 0.29) is 22.4 Å². The topological polar surface area (TPSA) is 113 Å². The molecule has 3 aromatic rings. The lowest BCUT2D eigenvalue weighted by atomic mass is 9.96. The third kappa shape index (κ3) is 5.60. The number of nitro groups is 1. The molecule has 1 aromatic heterocycles. The van der Waals surface area contributed by atoms with Crippen LogP contribution >= 0.6 is 11.3 Å².